The Hall–Kier alpha value is -2.94. The van der Waals surface area contributed by atoms with Gasteiger partial charge in [0.05, 0.1) is 47.2 Å². The van der Waals surface area contributed by atoms with Crippen molar-refractivity contribution in [1.82, 2.24) is 9.88 Å². The van der Waals surface area contributed by atoms with Crippen molar-refractivity contribution in [2.24, 2.45) is 5.92 Å². The Morgan fingerprint density at radius 1 is 1.21 bits per heavy atom. The molecule has 184 valence electrons. The van der Waals surface area contributed by atoms with Crippen LogP contribution < -0.4 is 5.32 Å². The lowest BCUT2D eigenvalue weighted by molar-refractivity contribution is -0.115. The van der Waals surface area contributed by atoms with Crippen molar-refractivity contribution in [2.75, 3.05) is 11.1 Å². The minimum absolute atomic E-state index is 0.0290. The van der Waals surface area contributed by atoms with Gasteiger partial charge in [0.25, 0.3) is 0 Å². The average Bonchev–Trinajstić information content (AvgIpc) is 3.12. The zero-order valence-electron chi connectivity index (χ0n) is 20.6. The smallest absolute Gasteiger partial charge is 0.411 e. The minimum Gasteiger partial charge on any atom is -0.444 e. The molecule has 0 bridgehead atoms. The Kier molecular flexibility index (Phi) is 7.35. The van der Waals surface area contributed by atoms with Gasteiger partial charge in [0.2, 0.25) is 5.91 Å². The molecule has 1 N–H and O–H groups in total. The van der Waals surface area contributed by atoms with Crippen LogP contribution in [-0.4, -0.2) is 41.7 Å². The molecule has 1 atom stereocenters. The van der Waals surface area contributed by atoms with Gasteiger partial charge >= 0.3 is 6.09 Å². The lowest BCUT2D eigenvalue weighted by atomic mass is 10.00. The lowest BCUT2D eigenvalue weighted by Gasteiger charge is -2.30. The quantitative estimate of drug-likeness (QED) is 0.643. The summed E-state index contributed by atoms with van der Waals surface area (Å²) >= 11 is 0. The number of nitrogens with one attached hydrogen (secondary N) is 1. The van der Waals surface area contributed by atoms with Crippen molar-refractivity contribution in [3.8, 4) is 0 Å². The number of carbonyl (C=O) groups excluding carboxylic acids is 2. The van der Waals surface area contributed by atoms with Gasteiger partial charge in [-0.15, -0.1) is 0 Å². The normalized spacial score (nSPS) is 15.9. The average molecular weight is 488 g/mol. The third-order valence-corrected chi connectivity index (χ3v) is 7.28. The van der Waals surface area contributed by atoms with E-state index in [9.17, 15) is 18.0 Å². The van der Waals surface area contributed by atoms with Crippen LogP contribution >= 0.6 is 0 Å². The summed E-state index contributed by atoms with van der Waals surface area (Å²) in [5.74, 6) is -0.0716. The Bertz CT molecular complexity index is 1170. The maximum absolute atomic E-state index is 12.8. The van der Waals surface area contributed by atoms with Gasteiger partial charge in [-0.3, -0.25) is 14.7 Å². The van der Waals surface area contributed by atoms with Crippen LogP contribution in [0.25, 0.3) is 0 Å². The van der Waals surface area contributed by atoms with Crippen molar-refractivity contribution >= 4 is 27.5 Å². The van der Waals surface area contributed by atoms with Crippen LogP contribution in [0, 0.1) is 5.92 Å². The van der Waals surface area contributed by atoms with Gasteiger partial charge in [-0.25, -0.2) is 13.2 Å². The Morgan fingerprint density at radius 2 is 1.85 bits per heavy atom. The molecule has 0 fully saturated rings. The molecule has 2 amide bonds. The van der Waals surface area contributed by atoms with Crippen molar-refractivity contribution in [3.05, 3.63) is 53.3 Å². The summed E-state index contributed by atoms with van der Waals surface area (Å²) in [5, 5.41) is 2.85. The molecule has 9 heteroatoms. The standard InChI is InChI=1S/C25H33N3O5S/c1-7-34(31,32)20-10-8-17(9-11-20)12-21(29)27-19-13-18-15-28(24(30)33-25(4,5)6)23(16(2)3)22(18)26-14-19/h8-11,13-14,16,23H,7,12,15H2,1-6H3,(H,27,29)/t23-/m0/s1. The summed E-state index contributed by atoms with van der Waals surface area (Å²) in [5.41, 5.74) is 2.34. The summed E-state index contributed by atoms with van der Waals surface area (Å²) in [6, 6.07) is 7.99. The van der Waals surface area contributed by atoms with E-state index in [0.29, 0.717) is 17.8 Å². The fourth-order valence-electron chi connectivity index (χ4n) is 3.96. The first-order valence-electron chi connectivity index (χ1n) is 11.4. The Labute approximate surface area is 201 Å². The van der Waals surface area contributed by atoms with E-state index in [4.69, 9.17) is 4.74 Å². The zero-order chi connectivity index (χ0) is 25.3. The molecule has 3 rings (SSSR count). The summed E-state index contributed by atoms with van der Waals surface area (Å²) in [6.07, 6.45) is 1.31. The second-order valence-electron chi connectivity index (χ2n) is 9.84. The second-order valence-corrected chi connectivity index (χ2v) is 12.1. The Morgan fingerprint density at radius 3 is 2.41 bits per heavy atom. The minimum atomic E-state index is -3.28. The monoisotopic (exact) mass is 487 g/mol. The highest BCUT2D eigenvalue weighted by atomic mass is 32.2. The van der Waals surface area contributed by atoms with E-state index in [-0.39, 0.29) is 41.0 Å². The third-order valence-electron chi connectivity index (χ3n) is 5.53. The number of hydrogen-bond donors (Lipinski definition) is 1. The number of hydrogen-bond acceptors (Lipinski definition) is 6. The number of rotatable bonds is 6. The van der Waals surface area contributed by atoms with Crippen molar-refractivity contribution in [3.63, 3.8) is 0 Å². The zero-order valence-corrected chi connectivity index (χ0v) is 21.4. The van der Waals surface area contributed by atoms with Crippen LogP contribution in [0.3, 0.4) is 0 Å². The second kappa shape index (κ2) is 9.74. The van der Waals surface area contributed by atoms with Gasteiger partial charge in [-0.2, -0.15) is 0 Å². The topological polar surface area (TPSA) is 106 Å². The van der Waals surface area contributed by atoms with E-state index in [1.54, 1.807) is 30.2 Å². The molecular formula is C25H33N3O5S. The van der Waals surface area contributed by atoms with E-state index in [0.717, 1.165) is 11.3 Å². The number of sulfone groups is 1. The van der Waals surface area contributed by atoms with Crippen molar-refractivity contribution in [1.29, 1.82) is 0 Å². The largest absolute Gasteiger partial charge is 0.444 e. The van der Waals surface area contributed by atoms with Crippen LogP contribution in [-0.2, 0) is 32.3 Å². The van der Waals surface area contributed by atoms with Crippen LogP contribution in [0.2, 0.25) is 0 Å². The molecule has 2 aromatic rings. The molecule has 0 spiro atoms. The van der Waals surface area contributed by atoms with Gasteiger partial charge in [0.1, 0.15) is 5.60 Å². The van der Waals surface area contributed by atoms with E-state index < -0.39 is 15.4 Å². The molecule has 8 nitrogen and oxygen atoms in total. The molecule has 0 unspecified atom stereocenters. The highest BCUT2D eigenvalue weighted by Gasteiger charge is 2.39. The first kappa shape index (κ1) is 25.7. The van der Waals surface area contributed by atoms with Crippen molar-refractivity contribution in [2.45, 2.75) is 71.0 Å². The van der Waals surface area contributed by atoms with E-state index >= 15 is 0 Å². The van der Waals surface area contributed by atoms with Crippen LogP contribution in [0.1, 0.15) is 64.4 Å². The molecule has 1 aliphatic heterocycles. The van der Waals surface area contributed by atoms with Crippen molar-refractivity contribution < 1.29 is 22.7 Å². The van der Waals surface area contributed by atoms with Gasteiger partial charge in [-0.05, 0) is 56.0 Å². The van der Waals surface area contributed by atoms with Crippen LogP contribution in [0.4, 0.5) is 10.5 Å². The molecule has 34 heavy (non-hydrogen) atoms. The first-order valence-corrected chi connectivity index (χ1v) is 13.1. The van der Waals surface area contributed by atoms with Gasteiger partial charge in [-0.1, -0.05) is 32.9 Å². The number of aromatic nitrogens is 1. The maximum Gasteiger partial charge on any atom is 0.411 e. The highest BCUT2D eigenvalue weighted by molar-refractivity contribution is 7.91. The summed E-state index contributed by atoms with van der Waals surface area (Å²) in [6.45, 7) is 11.5. The van der Waals surface area contributed by atoms with Crippen LogP contribution in [0.15, 0.2) is 41.4 Å². The highest BCUT2D eigenvalue weighted by Crippen LogP contribution is 2.39. The fourth-order valence-corrected chi connectivity index (χ4v) is 4.84. The van der Waals surface area contributed by atoms with E-state index in [1.165, 1.54) is 12.1 Å². The van der Waals surface area contributed by atoms with Gasteiger partial charge in [0.15, 0.2) is 9.84 Å². The maximum atomic E-state index is 12.8. The fraction of sp³-hybridized carbons (Fsp3) is 0.480. The predicted octanol–water partition coefficient (Wildman–Crippen LogP) is 4.50. The Balaban J connectivity index is 1.71. The molecule has 2 heterocycles. The number of carbonyl (C=O) groups is 2. The number of benzene rings is 1. The van der Waals surface area contributed by atoms with E-state index in [1.807, 2.05) is 40.7 Å². The number of fused-ring (bicyclic) bond motifs is 1. The first-order chi connectivity index (χ1) is 15.8. The van der Waals surface area contributed by atoms with E-state index in [2.05, 4.69) is 10.3 Å². The number of amides is 2. The van der Waals surface area contributed by atoms with Crippen LogP contribution in [0.5, 0.6) is 0 Å². The third kappa shape index (κ3) is 5.94. The lowest BCUT2D eigenvalue weighted by Crippen LogP contribution is -2.37. The molecule has 1 aromatic heterocycles. The van der Waals surface area contributed by atoms with Gasteiger partial charge < -0.3 is 10.1 Å². The number of ether oxygens (including phenoxy) is 1. The number of pyridine rings is 1. The molecule has 0 aliphatic carbocycles. The molecule has 0 saturated heterocycles. The summed E-state index contributed by atoms with van der Waals surface area (Å²) < 4.78 is 29.5. The number of anilines is 1. The molecular weight excluding hydrogens is 454 g/mol. The molecule has 0 radical (unpaired) electrons. The summed E-state index contributed by atoms with van der Waals surface area (Å²) in [7, 11) is -3.28. The summed E-state index contributed by atoms with van der Waals surface area (Å²) in [4.78, 5) is 31.9. The number of nitrogens with zero attached hydrogens (tertiary/aromatic N) is 2. The predicted molar refractivity (Wildman–Crippen MR) is 130 cm³/mol. The molecule has 0 saturated carbocycles. The molecule has 1 aromatic carbocycles. The SMILES string of the molecule is CCS(=O)(=O)c1ccc(CC(=O)Nc2cnc3c(c2)CN(C(=O)OC(C)(C)C)[C@H]3C(C)C)cc1. The molecule has 1 aliphatic rings. The van der Waals surface area contributed by atoms with Gasteiger partial charge in [0, 0.05) is 0 Å².